The smallest absolute Gasteiger partial charge is 0.101 e. The molecule has 2 heterocycles. The van der Waals surface area contributed by atoms with E-state index in [4.69, 9.17) is 0 Å². The number of benzene rings is 7. The van der Waals surface area contributed by atoms with E-state index in [1.807, 2.05) is 48.5 Å². The van der Waals surface area contributed by atoms with E-state index < -0.39 is 0 Å². The van der Waals surface area contributed by atoms with Crippen LogP contribution in [0.1, 0.15) is 11.1 Å². The standard InChI is InChI=1S/C44H26N4/c45-27-32-25-24-31(26-43(32)47-39-16-5-1-11-35(39)36-12-2-6-17-40(36)47)29-20-22-30(23-21-29)34-15-9-10-33(28-46)44(34)48-41-18-7-3-13-37(41)38-14-4-8-19-42(38)48/h1-26H. The van der Waals surface area contributed by atoms with Crippen LogP contribution in [0.5, 0.6) is 0 Å². The summed E-state index contributed by atoms with van der Waals surface area (Å²) in [6, 6.07) is 58.8. The number of hydrogen-bond acceptors (Lipinski definition) is 2. The molecule has 0 unspecified atom stereocenters. The molecule has 48 heavy (non-hydrogen) atoms. The Morgan fingerprint density at radius 3 is 1.35 bits per heavy atom. The Labute approximate surface area is 277 Å². The minimum atomic E-state index is 0.617. The Morgan fingerprint density at radius 1 is 0.375 bits per heavy atom. The van der Waals surface area contributed by atoms with Crippen LogP contribution in [-0.2, 0) is 0 Å². The highest BCUT2D eigenvalue weighted by atomic mass is 15.0. The second kappa shape index (κ2) is 10.9. The molecule has 9 rings (SSSR count). The number of hydrogen-bond donors (Lipinski definition) is 0. The van der Waals surface area contributed by atoms with Gasteiger partial charge >= 0.3 is 0 Å². The third-order valence-corrected chi connectivity index (χ3v) is 9.43. The third-order valence-electron chi connectivity index (χ3n) is 9.43. The van der Waals surface area contributed by atoms with E-state index in [-0.39, 0.29) is 0 Å². The van der Waals surface area contributed by atoms with Gasteiger partial charge in [-0.25, -0.2) is 0 Å². The van der Waals surface area contributed by atoms with Gasteiger partial charge in [0.1, 0.15) is 12.1 Å². The molecule has 9 aromatic rings. The highest BCUT2D eigenvalue weighted by molar-refractivity contribution is 6.11. The van der Waals surface area contributed by atoms with Crippen molar-refractivity contribution in [3.8, 4) is 45.8 Å². The summed E-state index contributed by atoms with van der Waals surface area (Å²) in [5.41, 5.74) is 11.3. The normalized spacial score (nSPS) is 11.3. The Morgan fingerprint density at radius 2 is 0.833 bits per heavy atom. The van der Waals surface area contributed by atoms with Crippen LogP contribution < -0.4 is 0 Å². The Balaban J connectivity index is 1.20. The number of rotatable bonds is 4. The van der Waals surface area contributed by atoms with Gasteiger partial charge in [0.05, 0.1) is 44.6 Å². The van der Waals surface area contributed by atoms with Gasteiger partial charge in [0.25, 0.3) is 0 Å². The molecular weight excluding hydrogens is 585 g/mol. The van der Waals surface area contributed by atoms with E-state index in [2.05, 4.69) is 130 Å². The van der Waals surface area contributed by atoms with Crippen molar-refractivity contribution >= 4 is 43.6 Å². The molecule has 0 aliphatic rings. The minimum absolute atomic E-state index is 0.617. The number of nitrogens with zero attached hydrogens (tertiary/aromatic N) is 4. The van der Waals surface area contributed by atoms with Crippen LogP contribution >= 0.6 is 0 Å². The van der Waals surface area contributed by atoms with Crippen molar-refractivity contribution < 1.29 is 0 Å². The predicted molar refractivity (Wildman–Crippen MR) is 195 cm³/mol. The molecule has 0 N–H and O–H groups in total. The summed E-state index contributed by atoms with van der Waals surface area (Å²) < 4.78 is 4.43. The first-order chi connectivity index (χ1) is 23.7. The second-order valence-electron chi connectivity index (χ2n) is 12.0. The van der Waals surface area contributed by atoms with Crippen molar-refractivity contribution in [3.05, 3.63) is 169 Å². The van der Waals surface area contributed by atoms with E-state index in [0.717, 1.165) is 77.2 Å². The number of para-hydroxylation sites is 5. The predicted octanol–water partition coefficient (Wildman–Crippen LogP) is 11.0. The molecule has 7 aromatic carbocycles. The molecule has 0 atom stereocenters. The monoisotopic (exact) mass is 610 g/mol. The summed E-state index contributed by atoms with van der Waals surface area (Å²) in [4.78, 5) is 0. The molecule has 0 radical (unpaired) electrons. The maximum Gasteiger partial charge on any atom is 0.101 e. The summed E-state index contributed by atoms with van der Waals surface area (Å²) >= 11 is 0. The first-order valence-corrected chi connectivity index (χ1v) is 15.9. The number of fused-ring (bicyclic) bond motifs is 6. The molecule has 0 amide bonds. The summed E-state index contributed by atoms with van der Waals surface area (Å²) in [6.07, 6.45) is 0. The molecule has 0 spiro atoms. The van der Waals surface area contributed by atoms with E-state index in [0.29, 0.717) is 11.1 Å². The van der Waals surface area contributed by atoms with Crippen molar-refractivity contribution in [2.45, 2.75) is 0 Å². The van der Waals surface area contributed by atoms with Gasteiger partial charge in [-0.2, -0.15) is 10.5 Å². The topological polar surface area (TPSA) is 57.4 Å². The largest absolute Gasteiger partial charge is 0.308 e. The molecule has 0 saturated carbocycles. The van der Waals surface area contributed by atoms with Crippen LogP contribution in [-0.4, -0.2) is 9.13 Å². The van der Waals surface area contributed by atoms with Crippen LogP contribution in [0.15, 0.2) is 158 Å². The van der Waals surface area contributed by atoms with Crippen LogP contribution in [0.2, 0.25) is 0 Å². The molecule has 0 aliphatic carbocycles. The fraction of sp³-hybridized carbons (Fsp3) is 0. The highest BCUT2D eigenvalue weighted by Gasteiger charge is 2.19. The van der Waals surface area contributed by atoms with Gasteiger partial charge in [0, 0.05) is 27.1 Å². The second-order valence-corrected chi connectivity index (χ2v) is 12.0. The maximum atomic E-state index is 10.3. The van der Waals surface area contributed by atoms with Gasteiger partial charge in [0.15, 0.2) is 0 Å². The van der Waals surface area contributed by atoms with Gasteiger partial charge in [-0.1, -0.05) is 115 Å². The third kappa shape index (κ3) is 4.07. The SMILES string of the molecule is N#Cc1ccc(-c2ccc(-c3cccc(C#N)c3-n3c4ccccc4c4ccccc43)cc2)cc1-n1c2ccccc2c2ccccc21. The van der Waals surface area contributed by atoms with E-state index >= 15 is 0 Å². The van der Waals surface area contributed by atoms with Gasteiger partial charge in [-0.15, -0.1) is 0 Å². The maximum absolute atomic E-state index is 10.3. The van der Waals surface area contributed by atoms with Crippen LogP contribution in [0.25, 0.3) is 77.2 Å². The van der Waals surface area contributed by atoms with Gasteiger partial charge < -0.3 is 9.13 Å². The Kier molecular flexibility index (Phi) is 6.22. The van der Waals surface area contributed by atoms with Crippen molar-refractivity contribution in [1.29, 1.82) is 10.5 Å². The quantitative estimate of drug-likeness (QED) is 0.199. The average Bonchev–Trinajstić information content (AvgIpc) is 3.67. The zero-order chi connectivity index (χ0) is 32.2. The molecular formula is C44H26N4. The summed E-state index contributed by atoms with van der Waals surface area (Å²) in [6.45, 7) is 0. The molecule has 2 aromatic heterocycles. The van der Waals surface area contributed by atoms with Crippen LogP contribution in [0.3, 0.4) is 0 Å². The average molecular weight is 611 g/mol. The Bertz CT molecular complexity index is 2690. The minimum Gasteiger partial charge on any atom is -0.308 e. The Hall–Kier alpha value is -6.88. The molecule has 4 heteroatoms. The van der Waals surface area contributed by atoms with Gasteiger partial charge in [0.2, 0.25) is 0 Å². The zero-order valence-electron chi connectivity index (χ0n) is 25.8. The lowest BCUT2D eigenvalue weighted by Crippen LogP contribution is -2.01. The first-order valence-electron chi connectivity index (χ1n) is 15.9. The summed E-state index contributed by atoms with van der Waals surface area (Å²) in [5.74, 6) is 0. The highest BCUT2D eigenvalue weighted by Crippen LogP contribution is 2.39. The first kappa shape index (κ1) is 27.4. The summed E-state index contributed by atoms with van der Waals surface area (Å²) in [5, 5.41) is 25.1. The lowest BCUT2D eigenvalue weighted by atomic mass is 9.96. The lowest BCUT2D eigenvalue weighted by Gasteiger charge is -2.16. The molecule has 0 bridgehead atoms. The van der Waals surface area contributed by atoms with Crippen LogP contribution in [0, 0.1) is 22.7 Å². The van der Waals surface area contributed by atoms with Crippen molar-refractivity contribution in [2.75, 3.05) is 0 Å². The van der Waals surface area contributed by atoms with Crippen molar-refractivity contribution in [3.63, 3.8) is 0 Å². The van der Waals surface area contributed by atoms with Crippen molar-refractivity contribution in [2.24, 2.45) is 0 Å². The molecule has 0 aliphatic heterocycles. The molecule has 0 saturated heterocycles. The lowest BCUT2D eigenvalue weighted by molar-refractivity contribution is 1.17. The molecule has 0 fully saturated rings. The zero-order valence-corrected chi connectivity index (χ0v) is 25.8. The molecule has 4 nitrogen and oxygen atoms in total. The fourth-order valence-corrected chi connectivity index (χ4v) is 7.29. The van der Waals surface area contributed by atoms with E-state index in [9.17, 15) is 10.5 Å². The van der Waals surface area contributed by atoms with Gasteiger partial charge in [-0.05, 0) is 59.2 Å². The van der Waals surface area contributed by atoms with Crippen LogP contribution in [0.4, 0.5) is 0 Å². The van der Waals surface area contributed by atoms with Gasteiger partial charge in [-0.3, -0.25) is 0 Å². The van der Waals surface area contributed by atoms with Crippen molar-refractivity contribution in [1.82, 2.24) is 9.13 Å². The molecule has 222 valence electrons. The van der Waals surface area contributed by atoms with E-state index in [1.54, 1.807) is 0 Å². The number of aromatic nitrogens is 2. The summed E-state index contributed by atoms with van der Waals surface area (Å²) in [7, 11) is 0. The van der Waals surface area contributed by atoms with E-state index in [1.165, 1.54) is 0 Å². The number of nitriles is 2. The fourth-order valence-electron chi connectivity index (χ4n) is 7.29.